The van der Waals surface area contributed by atoms with Crippen LogP contribution in [0.25, 0.3) is 0 Å². The molecule has 0 radical (unpaired) electrons. The van der Waals surface area contributed by atoms with Gasteiger partial charge in [0.2, 0.25) is 0 Å². The van der Waals surface area contributed by atoms with Crippen molar-refractivity contribution in [2.24, 2.45) is 0 Å². The van der Waals surface area contributed by atoms with Crippen LogP contribution in [-0.2, 0) is 17.8 Å². The monoisotopic (exact) mass is 395 g/mol. The molecular weight excluding hydrogens is 372 g/mol. The third kappa shape index (κ3) is 4.69. The van der Waals surface area contributed by atoms with Crippen molar-refractivity contribution in [3.05, 3.63) is 51.5 Å². The number of carbonyl (C=O) groups excluding carboxylic acids is 1. The normalized spacial score (nSPS) is 20.3. The number of hydrogen-bond donors (Lipinski definition) is 2. The first-order valence-corrected chi connectivity index (χ1v) is 9.82. The van der Waals surface area contributed by atoms with Crippen molar-refractivity contribution in [3.63, 3.8) is 0 Å². The fourth-order valence-corrected chi connectivity index (χ4v) is 4.08. The third-order valence-corrected chi connectivity index (χ3v) is 5.85. The number of nitrogens with zero attached hydrogens (tertiary/aromatic N) is 2. The summed E-state index contributed by atoms with van der Waals surface area (Å²) in [6.45, 7) is 3.40. The highest BCUT2D eigenvalue weighted by molar-refractivity contribution is 7.09. The Balaban J connectivity index is 1.55. The minimum atomic E-state index is -1.47. The molecule has 0 spiro atoms. The molecule has 5 nitrogen and oxygen atoms in total. The van der Waals surface area contributed by atoms with E-state index in [1.54, 1.807) is 16.8 Å². The minimum Gasteiger partial charge on any atom is -0.379 e. The van der Waals surface area contributed by atoms with Crippen LogP contribution in [0.2, 0.25) is 0 Å². The molecule has 1 fully saturated rings. The number of benzene rings is 1. The second kappa shape index (κ2) is 8.41. The molecule has 1 saturated heterocycles. The van der Waals surface area contributed by atoms with Gasteiger partial charge in [-0.15, -0.1) is 11.3 Å². The molecule has 0 aliphatic carbocycles. The SMILES string of the molecule is Cc1ncsc1CCNC[C@@]1(O)CCCN(Cc2ccc(F)c(F)c2)C1=O. The summed E-state index contributed by atoms with van der Waals surface area (Å²) in [5.41, 5.74) is 1.84. The van der Waals surface area contributed by atoms with E-state index in [4.69, 9.17) is 0 Å². The summed E-state index contributed by atoms with van der Waals surface area (Å²) in [6.07, 6.45) is 1.83. The molecule has 1 aliphatic heterocycles. The summed E-state index contributed by atoms with van der Waals surface area (Å²) in [7, 11) is 0. The van der Waals surface area contributed by atoms with Gasteiger partial charge in [-0.3, -0.25) is 4.79 Å². The number of rotatable bonds is 7. The van der Waals surface area contributed by atoms with E-state index < -0.39 is 17.2 Å². The lowest BCUT2D eigenvalue weighted by molar-refractivity contribution is -0.157. The fourth-order valence-electron chi connectivity index (χ4n) is 3.30. The van der Waals surface area contributed by atoms with Crippen LogP contribution in [0.1, 0.15) is 29.0 Å². The molecule has 27 heavy (non-hydrogen) atoms. The van der Waals surface area contributed by atoms with Crippen LogP contribution >= 0.6 is 11.3 Å². The van der Waals surface area contributed by atoms with Crippen LogP contribution < -0.4 is 5.32 Å². The van der Waals surface area contributed by atoms with Gasteiger partial charge < -0.3 is 15.3 Å². The maximum absolute atomic E-state index is 13.4. The lowest BCUT2D eigenvalue weighted by atomic mass is 9.91. The quantitative estimate of drug-likeness (QED) is 0.707. The van der Waals surface area contributed by atoms with Crippen molar-refractivity contribution < 1.29 is 18.7 Å². The summed E-state index contributed by atoms with van der Waals surface area (Å²) < 4.78 is 26.5. The number of aromatic nitrogens is 1. The van der Waals surface area contributed by atoms with Crippen LogP contribution in [0.3, 0.4) is 0 Å². The fraction of sp³-hybridized carbons (Fsp3) is 0.474. The molecule has 2 heterocycles. The molecular formula is C19H23F2N3O2S. The van der Waals surface area contributed by atoms with Gasteiger partial charge in [-0.25, -0.2) is 13.8 Å². The molecule has 1 atom stereocenters. The zero-order valence-electron chi connectivity index (χ0n) is 15.2. The molecule has 2 aromatic rings. The van der Waals surface area contributed by atoms with Crippen LogP contribution in [-0.4, -0.2) is 46.1 Å². The zero-order chi connectivity index (χ0) is 19.4. The number of nitrogens with one attached hydrogen (secondary N) is 1. The summed E-state index contributed by atoms with van der Waals surface area (Å²) in [5.74, 6) is -2.23. The number of carbonyl (C=O) groups is 1. The predicted molar refractivity (Wildman–Crippen MR) is 99.4 cm³/mol. The number of thiazole rings is 1. The summed E-state index contributed by atoms with van der Waals surface area (Å²) >= 11 is 1.59. The van der Waals surface area contributed by atoms with Gasteiger partial charge >= 0.3 is 0 Å². The van der Waals surface area contributed by atoms with Gasteiger partial charge in [-0.1, -0.05) is 6.07 Å². The van der Waals surface area contributed by atoms with Gasteiger partial charge in [0.15, 0.2) is 17.2 Å². The smallest absolute Gasteiger partial charge is 0.256 e. The largest absolute Gasteiger partial charge is 0.379 e. The number of hydrogen-bond acceptors (Lipinski definition) is 5. The van der Waals surface area contributed by atoms with Crippen molar-refractivity contribution in [1.82, 2.24) is 15.2 Å². The Bertz CT molecular complexity index is 814. The molecule has 2 N–H and O–H groups in total. The molecule has 1 aromatic carbocycles. The molecule has 0 bridgehead atoms. The van der Waals surface area contributed by atoms with Gasteiger partial charge in [-0.2, -0.15) is 0 Å². The first kappa shape index (κ1) is 19.9. The third-order valence-electron chi connectivity index (χ3n) is 4.85. The molecule has 1 aromatic heterocycles. The van der Waals surface area contributed by atoms with E-state index in [2.05, 4.69) is 10.3 Å². The second-order valence-corrected chi connectivity index (χ2v) is 7.84. The van der Waals surface area contributed by atoms with E-state index in [9.17, 15) is 18.7 Å². The minimum absolute atomic E-state index is 0.151. The second-order valence-electron chi connectivity index (χ2n) is 6.90. The Kier molecular flexibility index (Phi) is 6.18. The highest BCUT2D eigenvalue weighted by Gasteiger charge is 2.41. The van der Waals surface area contributed by atoms with Crippen molar-refractivity contribution in [3.8, 4) is 0 Å². The Morgan fingerprint density at radius 1 is 1.37 bits per heavy atom. The highest BCUT2D eigenvalue weighted by atomic mass is 32.1. The van der Waals surface area contributed by atoms with E-state index >= 15 is 0 Å². The number of amides is 1. The summed E-state index contributed by atoms with van der Waals surface area (Å²) in [5, 5.41) is 14.0. The lowest BCUT2D eigenvalue weighted by Crippen LogP contribution is -2.57. The van der Waals surface area contributed by atoms with Crippen LogP contribution in [0.5, 0.6) is 0 Å². The maximum atomic E-state index is 13.4. The van der Waals surface area contributed by atoms with Gasteiger partial charge in [-0.05, 0) is 43.9 Å². The number of halogens is 2. The van der Waals surface area contributed by atoms with Crippen LogP contribution in [0, 0.1) is 18.6 Å². The van der Waals surface area contributed by atoms with Gasteiger partial charge in [0.1, 0.15) is 0 Å². The van der Waals surface area contributed by atoms with Crippen molar-refractivity contribution in [2.45, 2.75) is 38.3 Å². The molecule has 146 valence electrons. The van der Waals surface area contributed by atoms with Crippen LogP contribution in [0.15, 0.2) is 23.7 Å². The van der Waals surface area contributed by atoms with E-state index in [0.29, 0.717) is 31.5 Å². The highest BCUT2D eigenvalue weighted by Crippen LogP contribution is 2.24. The topological polar surface area (TPSA) is 65.5 Å². The molecule has 3 rings (SSSR count). The Labute approximate surface area is 161 Å². The Morgan fingerprint density at radius 3 is 2.89 bits per heavy atom. The van der Waals surface area contributed by atoms with E-state index in [1.165, 1.54) is 15.8 Å². The molecule has 8 heteroatoms. The molecule has 0 saturated carbocycles. The average molecular weight is 395 g/mol. The first-order valence-electron chi connectivity index (χ1n) is 8.94. The first-order chi connectivity index (χ1) is 12.9. The Hall–Kier alpha value is -1.90. The summed E-state index contributed by atoms with van der Waals surface area (Å²) in [4.78, 5) is 19.6. The molecule has 1 amide bonds. The van der Waals surface area contributed by atoms with Crippen LogP contribution in [0.4, 0.5) is 8.78 Å². The zero-order valence-corrected chi connectivity index (χ0v) is 16.0. The predicted octanol–water partition coefficient (Wildman–Crippen LogP) is 2.42. The van der Waals surface area contributed by atoms with E-state index in [0.717, 1.165) is 24.2 Å². The molecule has 1 aliphatic rings. The average Bonchev–Trinajstić information content (AvgIpc) is 3.04. The number of aliphatic hydroxyl groups is 1. The standard InChI is InChI=1S/C19H23F2N3O2S/c1-13-17(27-12-23-13)5-7-22-11-19(26)6-2-8-24(18(19)25)10-14-3-4-15(20)16(21)9-14/h3-4,9,12,22,26H,2,5-8,10-11H2,1H3/t19-/m0/s1. The number of aryl methyl sites for hydroxylation is 1. The van der Waals surface area contributed by atoms with E-state index in [-0.39, 0.29) is 19.0 Å². The lowest BCUT2D eigenvalue weighted by Gasteiger charge is -2.38. The Morgan fingerprint density at radius 2 is 2.19 bits per heavy atom. The van der Waals surface area contributed by atoms with Gasteiger partial charge in [0.05, 0.1) is 11.2 Å². The number of piperidine rings is 1. The van der Waals surface area contributed by atoms with Crippen molar-refractivity contribution in [2.75, 3.05) is 19.6 Å². The van der Waals surface area contributed by atoms with Crippen molar-refractivity contribution in [1.29, 1.82) is 0 Å². The number of likely N-dealkylation sites (tertiary alicyclic amines) is 1. The molecule has 0 unspecified atom stereocenters. The maximum Gasteiger partial charge on any atom is 0.256 e. The van der Waals surface area contributed by atoms with Gasteiger partial charge in [0, 0.05) is 31.1 Å². The van der Waals surface area contributed by atoms with E-state index in [1.807, 2.05) is 6.92 Å². The summed E-state index contributed by atoms with van der Waals surface area (Å²) in [6, 6.07) is 3.59. The van der Waals surface area contributed by atoms with Gasteiger partial charge in [0.25, 0.3) is 5.91 Å². The van der Waals surface area contributed by atoms with Crippen molar-refractivity contribution >= 4 is 17.2 Å².